The second kappa shape index (κ2) is 18.4. The minimum absolute atomic E-state index is 0.600. The zero-order valence-corrected chi connectivity index (χ0v) is 43.1. The van der Waals surface area contributed by atoms with E-state index in [0.29, 0.717) is 17.6 Å². The van der Waals surface area contributed by atoms with Gasteiger partial charge in [0.15, 0.2) is 11.6 Å². The summed E-state index contributed by atoms with van der Waals surface area (Å²) in [6, 6.07) is 91.9. The summed E-state index contributed by atoms with van der Waals surface area (Å²) < 4.78 is 4.49. The van der Waals surface area contributed by atoms with Gasteiger partial charge in [-0.1, -0.05) is 200 Å². The highest BCUT2D eigenvalue weighted by Gasteiger charge is 2.21. The van der Waals surface area contributed by atoms with Gasteiger partial charge in [0, 0.05) is 50.6 Å². The van der Waals surface area contributed by atoms with Crippen LogP contribution >= 0.6 is 0 Å². The number of hydrogen-bond acceptors (Lipinski definition) is 5. The number of fused-ring (bicyclic) bond motifs is 18. The van der Waals surface area contributed by atoms with Gasteiger partial charge >= 0.3 is 0 Å². The van der Waals surface area contributed by atoms with Crippen LogP contribution in [-0.2, 0) is 0 Å². The lowest BCUT2D eigenvalue weighted by atomic mass is 9.93. The number of benzene rings is 12. The van der Waals surface area contributed by atoms with E-state index in [4.69, 9.17) is 19.9 Å². The standard InChI is InChI=1S/C39H24N4.C34H21N3/c1-3-13-25(14-4-1)37-40-38(26-15-5-2-6-16-26)42-39(41-37)43-35-22-12-11-21-31(35)34-23-32-29-19-9-7-17-27(29)28-18-8-10-20-30(28)33(32)24-36(34)43;1-3-11-25-23(9-1)24-10-2-4-12-26(24)29-20-33-30(19-28(25)29)27-13-5-6-15-32(27)37(33)34-17-16-22(21-36-34)31-14-7-8-18-35-31/h1-24H;1-21H. The zero-order valence-electron chi connectivity index (χ0n) is 43.1. The first-order valence-electron chi connectivity index (χ1n) is 27.0. The van der Waals surface area contributed by atoms with Crippen molar-refractivity contribution in [2.24, 2.45) is 0 Å². The Morgan fingerprint density at radius 1 is 0.237 bits per heavy atom. The lowest BCUT2D eigenvalue weighted by molar-refractivity contribution is 0.954. The summed E-state index contributed by atoms with van der Waals surface area (Å²) in [6.07, 6.45) is 3.73. The van der Waals surface area contributed by atoms with Gasteiger partial charge in [0.25, 0.3) is 0 Å². The first-order valence-corrected chi connectivity index (χ1v) is 27.0. The van der Waals surface area contributed by atoms with Gasteiger partial charge in [-0.25, -0.2) is 9.97 Å². The average molecular weight is 1020 g/mol. The maximum absolute atomic E-state index is 5.10. The fourth-order valence-electron chi connectivity index (χ4n) is 12.3. The topological polar surface area (TPSA) is 74.3 Å². The molecule has 5 heterocycles. The van der Waals surface area contributed by atoms with Gasteiger partial charge in [-0.05, 0) is 125 Å². The molecular weight excluding hydrogens is 975 g/mol. The fourth-order valence-corrected chi connectivity index (χ4v) is 12.3. The third-order valence-electron chi connectivity index (χ3n) is 15.9. The number of pyridine rings is 2. The van der Waals surface area contributed by atoms with Crippen molar-refractivity contribution < 1.29 is 0 Å². The van der Waals surface area contributed by atoms with E-state index in [0.717, 1.165) is 50.3 Å². The monoisotopic (exact) mass is 1020 g/mol. The van der Waals surface area contributed by atoms with E-state index in [1.165, 1.54) is 86.2 Å². The molecule has 0 aliphatic rings. The van der Waals surface area contributed by atoms with E-state index in [2.05, 4.69) is 196 Å². The van der Waals surface area contributed by atoms with Crippen LogP contribution in [0.1, 0.15) is 0 Å². The minimum Gasteiger partial charge on any atom is -0.294 e. The van der Waals surface area contributed by atoms with Crippen molar-refractivity contribution in [3.63, 3.8) is 0 Å². The van der Waals surface area contributed by atoms with Crippen LogP contribution in [0.3, 0.4) is 0 Å². The van der Waals surface area contributed by atoms with Crippen LogP contribution in [0.2, 0.25) is 0 Å². The molecule has 17 rings (SSSR count). The van der Waals surface area contributed by atoms with Crippen LogP contribution in [0.15, 0.2) is 273 Å². The number of para-hydroxylation sites is 2. The zero-order chi connectivity index (χ0) is 52.7. The van der Waals surface area contributed by atoms with Gasteiger partial charge in [-0.15, -0.1) is 0 Å². The molecule has 372 valence electrons. The number of aromatic nitrogens is 7. The quantitative estimate of drug-likeness (QED) is 0.161. The van der Waals surface area contributed by atoms with Gasteiger partial charge in [0.1, 0.15) is 5.82 Å². The fraction of sp³-hybridized carbons (Fsp3) is 0. The Balaban J connectivity index is 0.000000134. The molecule has 0 atom stereocenters. The molecule has 0 saturated carbocycles. The van der Waals surface area contributed by atoms with Crippen LogP contribution in [0.5, 0.6) is 0 Å². The van der Waals surface area contributed by atoms with E-state index in [9.17, 15) is 0 Å². The summed E-state index contributed by atoms with van der Waals surface area (Å²) in [5.74, 6) is 2.79. The van der Waals surface area contributed by atoms with E-state index in [1.54, 1.807) is 0 Å². The van der Waals surface area contributed by atoms with Crippen molar-refractivity contribution in [3.05, 3.63) is 273 Å². The maximum atomic E-state index is 5.10. The van der Waals surface area contributed by atoms with Gasteiger partial charge in [-0.3, -0.25) is 14.1 Å². The molecule has 80 heavy (non-hydrogen) atoms. The normalized spacial score (nSPS) is 11.8. The molecule has 12 aromatic carbocycles. The molecule has 0 unspecified atom stereocenters. The predicted molar refractivity (Wildman–Crippen MR) is 332 cm³/mol. The molecular formula is C73H45N7. The van der Waals surface area contributed by atoms with Crippen molar-refractivity contribution in [2.45, 2.75) is 0 Å². The molecule has 0 aliphatic carbocycles. The maximum Gasteiger partial charge on any atom is 0.238 e. The molecule has 0 bridgehead atoms. The van der Waals surface area contributed by atoms with Gasteiger partial charge in [0.05, 0.1) is 27.8 Å². The summed E-state index contributed by atoms with van der Waals surface area (Å²) in [6.45, 7) is 0. The van der Waals surface area contributed by atoms with Gasteiger partial charge in [-0.2, -0.15) is 9.97 Å². The summed E-state index contributed by atoms with van der Waals surface area (Å²) >= 11 is 0. The summed E-state index contributed by atoms with van der Waals surface area (Å²) in [7, 11) is 0. The Morgan fingerprint density at radius 2 is 0.625 bits per heavy atom. The second-order valence-electron chi connectivity index (χ2n) is 20.4. The molecule has 0 spiro atoms. The third-order valence-corrected chi connectivity index (χ3v) is 15.9. The summed E-state index contributed by atoms with van der Waals surface area (Å²) in [5, 5.41) is 20.0. The lowest BCUT2D eigenvalue weighted by Crippen LogP contribution is -2.06. The molecule has 0 fully saturated rings. The van der Waals surface area contributed by atoms with Crippen LogP contribution in [0.4, 0.5) is 0 Å². The molecule has 0 N–H and O–H groups in total. The summed E-state index contributed by atoms with van der Waals surface area (Å²) in [5.41, 5.74) is 8.27. The Bertz CT molecular complexity index is 5230. The number of hydrogen-bond donors (Lipinski definition) is 0. The molecule has 0 amide bonds. The molecule has 17 aromatic rings. The van der Waals surface area contributed by atoms with Crippen molar-refractivity contribution in [1.82, 2.24) is 34.1 Å². The van der Waals surface area contributed by atoms with Crippen molar-refractivity contribution >= 4 is 108 Å². The predicted octanol–water partition coefficient (Wildman–Crippen LogP) is 18.5. The minimum atomic E-state index is 0.600. The molecule has 5 aromatic heterocycles. The van der Waals surface area contributed by atoms with Crippen LogP contribution in [0, 0.1) is 0 Å². The van der Waals surface area contributed by atoms with Crippen LogP contribution in [-0.4, -0.2) is 34.1 Å². The van der Waals surface area contributed by atoms with E-state index in [-0.39, 0.29) is 0 Å². The number of nitrogens with zero attached hydrogens (tertiary/aromatic N) is 7. The Kier molecular flexibility index (Phi) is 10.4. The van der Waals surface area contributed by atoms with Crippen LogP contribution < -0.4 is 0 Å². The lowest BCUT2D eigenvalue weighted by Gasteiger charge is -2.13. The first kappa shape index (κ1) is 45.3. The molecule has 0 saturated heterocycles. The highest BCUT2D eigenvalue weighted by Crippen LogP contribution is 2.43. The van der Waals surface area contributed by atoms with Gasteiger partial charge < -0.3 is 0 Å². The Labute approximate surface area is 459 Å². The van der Waals surface area contributed by atoms with Crippen molar-refractivity contribution in [2.75, 3.05) is 0 Å². The highest BCUT2D eigenvalue weighted by molar-refractivity contribution is 6.30. The third kappa shape index (κ3) is 7.25. The smallest absolute Gasteiger partial charge is 0.238 e. The highest BCUT2D eigenvalue weighted by atomic mass is 15.2. The Hall–Kier alpha value is -10.9. The van der Waals surface area contributed by atoms with E-state index < -0.39 is 0 Å². The molecule has 0 aliphatic heterocycles. The van der Waals surface area contributed by atoms with E-state index >= 15 is 0 Å². The average Bonchev–Trinajstić information content (AvgIpc) is 4.21. The Morgan fingerprint density at radius 3 is 1.06 bits per heavy atom. The molecule has 7 nitrogen and oxygen atoms in total. The molecule has 7 heteroatoms. The van der Waals surface area contributed by atoms with Crippen molar-refractivity contribution in [3.8, 4) is 45.8 Å². The number of rotatable bonds is 5. The summed E-state index contributed by atoms with van der Waals surface area (Å²) in [4.78, 5) is 24.5. The SMILES string of the molecule is c1ccc(-c2ccc(-n3c4ccccc4c4cc5c6ccccc6c6ccccc6c5cc43)nc2)nc1.c1ccc(-c2nc(-c3ccccc3)nc(-n3c4ccccc4c4cc5c6ccccc6c6ccccc6c5cc43)n2)cc1. The second-order valence-corrected chi connectivity index (χ2v) is 20.4. The van der Waals surface area contributed by atoms with Crippen LogP contribution in [0.25, 0.3) is 154 Å². The first-order chi connectivity index (χ1) is 39.7. The van der Waals surface area contributed by atoms with Crippen molar-refractivity contribution in [1.29, 1.82) is 0 Å². The molecule has 0 radical (unpaired) electrons. The largest absolute Gasteiger partial charge is 0.294 e. The van der Waals surface area contributed by atoms with E-state index in [1.807, 2.05) is 91.3 Å². The van der Waals surface area contributed by atoms with Gasteiger partial charge in [0.2, 0.25) is 5.95 Å².